The van der Waals surface area contributed by atoms with Gasteiger partial charge in [0.05, 0.1) is 6.04 Å². The molecule has 3 atom stereocenters. The number of carboxylic acid groups (broad SMARTS) is 2. The molecule has 0 heterocycles. The van der Waals surface area contributed by atoms with E-state index in [2.05, 4.69) is 23.3 Å². The van der Waals surface area contributed by atoms with E-state index in [1.54, 1.807) is 6.26 Å². The van der Waals surface area contributed by atoms with Gasteiger partial charge in [0.2, 0.25) is 11.8 Å². The van der Waals surface area contributed by atoms with Crippen LogP contribution in [-0.2, 0) is 19.2 Å². The van der Waals surface area contributed by atoms with E-state index in [1.165, 1.54) is 11.8 Å². The zero-order chi connectivity index (χ0) is 18.7. The van der Waals surface area contributed by atoms with Crippen LogP contribution in [0.3, 0.4) is 0 Å². The number of rotatable bonds is 12. The highest BCUT2D eigenvalue weighted by molar-refractivity contribution is 7.98. The van der Waals surface area contributed by atoms with E-state index in [1.807, 2.05) is 0 Å². The summed E-state index contributed by atoms with van der Waals surface area (Å²) in [6.45, 7) is 0. The number of amides is 2. The summed E-state index contributed by atoms with van der Waals surface area (Å²) >= 11 is 5.30. The molecule has 6 N–H and O–H groups in total. The van der Waals surface area contributed by atoms with E-state index in [0.29, 0.717) is 5.75 Å². The van der Waals surface area contributed by atoms with E-state index in [4.69, 9.17) is 15.9 Å². The van der Waals surface area contributed by atoms with Crippen molar-refractivity contribution in [3.63, 3.8) is 0 Å². The quantitative estimate of drug-likeness (QED) is 0.233. The van der Waals surface area contributed by atoms with Gasteiger partial charge >= 0.3 is 11.9 Å². The van der Waals surface area contributed by atoms with Crippen LogP contribution in [0.25, 0.3) is 0 Å². The number of carbonyl (C=O) groups is 4. The van der Waals surface area contributed by atoms with Gasteiger partial charge in [-0.1, -0.05) is 0 Å². The smallest absolute Gasteiger partial charge is 0.326 e. The normalized spacial score (nSPS) is 14.3. The van der Waals surface area contributed by atoms with Gasteiger partial charge in [0.1, 0.15) is 12.1 Å². The first-order chi connectivity index (χ1) is 11.2. The lowest BCUT2D eigenvalue weighted by Crippen LogP contribution is -2.55. The van der Waals surface area contributed by atoms with Gasteiger partial charge in [-0.15, -0.1) is 0 Å². The predicted octanol–water partition coefficient (Wildman–Crippen LogP) is -1.08. The third-order valence-corrected chi connectivity index (χ3v) is 4.08. The lowest BCUT2D eigenvalue weighted by atomic mass is 10.1. The number of carbonyl (C=O) groups excluding carboxylic acids is 2. The molecule has 0 spiro atoms. The van der Waals surface area contributed by atoms with Gasteiger partial charge in [-0.05, 0) is 24.9 Å². The highest BCUT2D eigenvalue weighted by atomic mass is 32.2. The number of thiol groups is 1. The van der Waals surface area contributed by atoms with Gasteiger partial charge in [-0.25, -0.2) is 4.79 Å². The molecule has 0 aromatic heterocycles. The van der Waals surface area contributed by atoms with Gasteiger partial charge < -0.3 is 26.6 Å². The van der Waals surface area contributed by atoms with E-state index in [-0.39, 0.29) is 25.0 Å². The van der Waals surface area contributed by atoms with Crippen LogP contribution < -0.4 is 16.4 Å². The Morgan fingerprint density at radius 2 is 1.67 bits per heavy atom. The minimum Gasteiger partial charge on any atom is -0.481 e. The number of thioether (sulfide) groups is 1. The SMILES string of the molecule is CSCCC(NC(=O)C(CCC(=O)O)NC(=O)C(N)CS)C(=O)O. The predicted molar refractivity (Wildman–Crippen MR) is 93.2 cm³/mol. The lowest BCUT2D eigenvalue weighted by molar-refractivity contribution is -0.143. The Morgan fingerprint density at radius 1 is 1.08 bits per heavy atom. The zero-order valence-corrected chi connectivity index (χ0v) is 14.9. The molecule has 24 heavy (non-hydrogen) atoms. The van der Waals surface area contributed by atoms with Crippen LogP contribution in [0.5, 0.6) is 0 Å². The molecule has 11 heteroatoms. The Hall–Kier alpha value is -1.46. The minimum absolute atomic E-state index is 0.0462. The molecule has 0 bridgehead atoms. The number of hydrogen-bond donors (Lipinski definition) is 6. The largest absolute Gasteiger partial charge is 0.481 e. The Labute approximate surface area is 149 Å². The average Bonchev–Trinajstić information content (AvgIpc) is 2.53. The van der Waals surface area contributed by atoms with Crippen LogP contribution in [0.4, 0.5) is 0 Å². The van der Waals surface area contributed by atoms with Crippen molar-refractivity contribution in [2.75, 3.05) is 17.8 Å². The molecule has 0 saturated carbocycles. The van der Waals surface area contributed by atoms with Crippen molar-refractivity contribution in [2.45, 2.75) is 37.4 Å². The van der Waals surface area contributed by atoms with E-state index in [0.717, 1.165) is 0 Å². The summed E-state index contributed by atoms with van der Waals surface area (Å²) in [4.78, 5) is 45.9. The van der Waals surface area contributed by atoms with Crippen LogP contribution in [0.15, 0.2) is 0 Å². The van der Waals surface area contributed by atoms with Gasteiger partial charge in [-0.2, -0.15) is 24.4 Å². The number of nitrogens with two attached hydrogens (primary N) is 1. The number of carboxylic acids is 2. The fraction of sp³-hybridized carbons (Fsp3) is 0.692. The van der Waals surface area contributed by atoms with Crippen LogP contribution in [0, 0.1) is 0 Å². The second-order valence-corrected chi connectivity index (χ2v) is 6.31. The molecule has 0 aliphatic heterocycles. The fourth-order valence-electron chi connectivity index (χ4n) is 1.66. The molecule has 0 aliphatic rings. The maximum atomic E-state index is 12.2. The molecular weight excluding hydrogens is 358 g/mol. The Balaban J connectivity index is 4.95. The van der Waals surface area contributed by atoms with E-state index in [9.17, 15) is 19.2 Å². The summed E-state index contributed by atoms with van der Waals surface area (Å²) < 4.78 is 0. The highest BCUT2D eigenvalue weighted by Crippen LogP contribution is 2.04. The second kappa shape index (κ2) is 12.0. The highest BCUT2D eigenvalue weighted by Gasteiger charge is 2.27. The van der Waals surface area contributed by atoms with Gasteiger partial charge in [0.25, 0.3) is 0 Å². The van der Waals surface area contributed by atoms with Gasteiger partial charge in [-0.3, -0.25) is 14.4 Å². The Kier molecular flexibility index (Phi) is 11.3. The molecule has 0 aliphatic carbocycles. The van der Waals surface area contributed by atoms with Crippen LogP contribution in [-0.4, -0.2) is 69.9 Å². The molecule has 138 valence electrons. The van der Waals surface area contributed by atoms with Crippen molar-refractivity contribution in [3.8, 4) is 0 Å². The molecule has 2 amide bonds. The monoisotopic (exact) mass is 381 g/mol. The van der Waals surface area contributed by atoms with Crippen LogP contribution in [0.2, 0.25) is 0 Å². The van der Waals surface area contributed by atoms with Gasteiger partial charge in [0, 0.05) is 12.2 Å². The van der Waals surface area contributed by atoms with Crippen molar-refractivity contribution < 1.29 is 29.4 Å². The van der Waals surface area contributed by atoms with Crippen LogP contribution in [0.1, 0.15) is 19.3 Å². The summed E-state index contributed by atoms with van der Waals surface area (Å²) in [5.41, 5.74) is 5.50. The molecule has 0 rings (SSSR count). The van der Waals surface area contributed by atoms with Crippen molar-refractivity contribution in [1.82, 2.24) is 10.6 Å². The van der Waals surface area contributed by atoms with Crippen molar-refractivity contribution in [2.24, 2.45) is 5.73 Å². The molecular formula is C13H23N3O6S2. The summed E-state index contributed by atoms with van der Waals surface area (Å²) in [5.74, 6) is -3.19. The summed E-state index contributed by atoms with van der Waals surface area (Å²) in [7, 11) is 0. The number of nitrogens with one attached hydrogen (secondary N) is 2. The first-order valence-electron chi connectivity index (χ1n) is 7.13. The average molecular weight is 381 g/mol. The molecule has 9 nitrogen and oxygen atoms in total. The Bertz CT molecular complexity index is 463. The fourth-order valence-corrected chi connectivity index (χ4v) is 2.30. The van der Waals surface area contributed by atoms with E-state index < -0.39 is 41.9 Å². The molecule has 0 aromatic carbocycles. The lowest BCUT2D eigenvalue weighted by Gasteiger charge is -2.22. The maximum absolute atomic E-state index is 12.2. The first-order valence-corrected chi connectivity index (χ1v) is 9.16. The molecule has 3 unspecified atom stereocenters. The zero-order valence-electron chi connectivity index (χ0n) is 13.2. The first kappa shape index (κ1) is 22.5. The summed E-state index contributed by atoms with van der Waals surface area (Å²) in [5, 5.41) is 22.5. The maximum Gasteiger partial charge on any atom is 0.326 e. The van der Waals surface area contributed by atoms with Crippen molar-refractivity contribution >= 4 is 48.1 Å². The third-order valence-electron chi connectivity index (χ3n) is 3.04. The topological polar surface area (TPSA) is 159 Å². The molecule has 0 radical (unpaired) electrons. The number of hydrogen-bond acceptors (Lipinski definition) is 7. The van der Waals surface area contributed by atoms with Crippen molar-refractivity contribution in [1.29, 1.82) is 0 Å². The summed E-state index contributed by atoms with van der Waals surface area (Å²) in [6.07, 6.45) is 1.46. The standard InChI is InChI=1S/C13H23N3O6S2/c1-24-5-4-9(13(21)22)16-12(20)8(2-3-10(17)18)15-11(19)7(14)6-23/h7-9,23H,2-6,14H2,1H3,(H,15,19)(H,16,20)(H,17,18)(H,21,22). The van der Waals surface area contributed by atoms with Crippen molar-refractivity contribution in [3.05, 3.63) is 0 Å². The van der Waals surface area contributed by atoms with Crippen LogP contribution >= 0.6 is 24.4 Å². The molecule has 0 fully saturated rings. The second-order valence-electron chi connectivity index (χ2n) is 4.96. The molecule has 0 saturated heterocycles. The molecule has 0 aromatic rings. The Morgan fingerprint density at radius 3 is 2.12 bits per heavy atom. The minimum atomic E-state index is -1.20. The van der Waals surface area contributed by atoms with E-state index >= 15 is 0 Å². The summed E-state index contributed by atoms with van der Waals surface area (Å²) in [6, 6.07) is -3.26. The number of aliphatic carboxylic acids is 2. The third kappa shape index (κ3) is 8.99. The van der Waals surface area contributed by atoms with Gasteiger partial charge in [0.15, 0.2) is 0 Å².